The number of ether oxygens (including phenoxy) is 1. The zero-order valence-corrected chi connectivity index (χ0v) is 16.3. The number of aliphatic hydroxyl groups is 1. The van der Waals surface area contributed by atoms with Gasteiger partial charge in [-0.05, 0) is 61.7 Å². The van der Waals surface area contributed by atoms with Gasteiger partial charge in [-0.2, -0.15) is 4.98 Å². The van der Waals surface area contributed by atoms with Crippen molar-refractivity contribution in [1.82, 2.24) is 15.0 Å². The Morgan fingerprint density at radius 1 is 1.17 bits per heavy atom. The molecule has 0 spiro atoms. The molecule has 0 radical (unpaired) electrons. The van der Waals surface area contributed by atoms with Gasteiger partial charge in [-0.15, -0.1) is 0 Å². The van der Waals surface area contributed by atoms with E-state index in [0.29, 0.717) is 43.0 Å². The lowest BCUT2D eigenvalue weighted by atomic mass is 10.1. The van der Waals surface area contributed by atoms with Gasteiger partial charge in [0, 0.05) is 18.2 Å². The third-order valence-corrected chi connectivity index (χ3v) is 4.96. The molecule has 29 heavy (non-hydrogen) atoms. The molecule has 3 aromatic rings. The normalized spacial score (nSPS) is 14.9. The number of halogens is 1. The fourth-order valence-electron chi connectivity index (χ4n) is 3.27. The first-order valence-electron chi connectivity index (χ1n) is 9.85. The van der Waals surface area contributed by atoms with Crippen molar-refractivity contribution < 1.29 is 18.8 Å². The van der Waals surface area contributed by atoms with Crippen molar-refractivity contribution in [2.75, 3.05) is 13.2 Å². The summed E-state index contributed by atoms with van der Waals surface area (Å²) in [7, 11) is 0. The average molecular weight is 397 g/mol. The van der Waals surface area contributed by atoms with Gasteiger partial charge < -0.3 is 14.4 Å². The van der Waals surface area contributed by atoms with E-state index in [4.69, 9.17) is 9.26 Å². The van der Waals surface area contributed by atoms with Crippen molar-refractivity contribution in [3.05, 3.63) is 65.8 Å². The summed E-state index contributed by atoms with van der Waals surface area (Å²) in [5.74, 6) is 1.52. The molecule has 0 bridgehead atoms. The summed E-state index contributed by atoms with van der Waals surface area (Å²) in [4.78, 5) is 6.65. The standard InChI is InChI=1S/C22H24FN3O3/c1-2-28-19-11-5-16(6-12-19)22-24-21(29-25-22)14-26(18-9-10-18)13-20(27)15-3-7-17(23)8-4-15/h3-8,11-12,18,20,27H,2,9-10,13-14H2,1H3. The molecule has 1 fully saturated rings. The van der Waals surface area contributed by atoms with Crippen molar-refractivity contribution in [2.24, 2.45) is 0 Å². The Bertz CT molecular complexity index is 923. The molecule has 152 valence electrons. The highest BCUT2D eigenvalue weighted by atomic mass is 19.1. The third kappa shape index (κ3) is 4.99. The molecule has 1 N–H and O–H groups in total. The first-order chi connectivity index (χ1) is 14.1. The molecule has 1 saturated carbocycles. The topological polar surface area (TPSA) is 71.6 Å². The van der Waals surface area contributed by atoms with Crippen LogP contribution in [0.25, 0.3) is 11.4 Å². The number of aliphatic hydroxyl groups excluding tert-OH is 1. The summed E-state index contributed by atoms with van der Waals surface area (Å²) < 4.78 is 24.0. The predicted molar refractivity (Wildman–Crippen MR) is 106 cm³/mol. The Hall–Kier alpha value is -2.77. The number of rotatable bonds is 9. The van der Waals surface area contributed by atoms with Gasteiger partial charge in [-0.3, -0.25) is 4.90 Å². The maximum atomic E-state index is 13.1. The van der Waals surface area contributed by atoms with Crippen LogP contribution in [0.3, 0.4) is 0 Å². The van der Waals surface area contributed by atoms with Gasteiger partial charge in [-0.1, -0.05) is 17.3 Å². The molecule has 1 atom stereocenters. The zero-order chi connectivity index (χ0) is 20.2. The maximum absolute atomic E-state index is 13.1. The van der Waals surface area contributed by atoms with Crippen molar-refractivity contribution >= 4 is 0 Å². The lowest BCUT2D eigenvalue weighted by Gasteiger charge is -2.23. The molecular weight excluding hydrogens is 373 g/mol. The molecule has 1 aliphatic carbocycles. The zero-order valence-electron chi connectivity index (χ0n) is 16.3. The van der Waals surface area contributed by atoms with Crippen LogP contribution in [0.2, 0.25) is 0 Å². The highest BCUT2D eigenvalue weighted by Crippen LogP contribution is 2.30. The van der Waals surface area contributed by atoms with Crippen LogP contribution in [0.5, 0.6) is 5.75 Å². The molecule has 2 aromatic carbocycles. The molecule has 1 heterocycles. The van der Waals surface area contributed by atoms with E-state index < -0.39 is 6.10 Å². The van der Waals surface area contributed by atoms with Crippen molar-refractivity contribution in [2.45, 2.75) is 38.5 Å². The largest absolute Gasteiger partial charge is 0.494 e. The van der Waals surface area contributed by atoms with Crippen LogP contribution in [0.4, 0.5) is 4.39 Å². The van der Waals surface area contributed by atoms with Crippen LogP contribution in [-0.4, -0.2) is 39.3 Å². The van der Waals surface area contributed by atoms with E-state index in [0.717, 1.165) is 24.2 Å². The predicted octanol–water partition coefficient (Wildman–Crippen LogP) is 3.97. The lowest BCUT2D eigenvalue weighted by molar-refractivity contribution is 0.0972. The van der Waals surface area contributed by atoms with Crippen LogP contribution in [0.15, 0.2) is 53.1 Å². The molecule has 1 aromatic heterocycles. The molecule has 0 amide bonds. The highest BCUT2D eigenvalue weighted by molar-refractivity contribution is 5.55. The second kappa shape index (κ2) is 8.71. The van der Waals surface area contributed by atoms with Crippen LogP contribution < -0.4 is 4.74 Å². The van der Waals surface area contributed by atoms with Gasteiger partial charge in [0.25, 0.3) is 0 Å². The van der Waals surface area contributed by atoms with E-state index in [1.807, 2.05) is 31.2 Å². The number of aromatic nitrogens is 2. The van der Waals surface area contributed by atoms with E-state index in [-0.39, 0.29) is 5.82 Å². The van der Waals surface area contributed by atoms with Crippen molar-refractivity contribution in [3.8, 4) is 17.1 Å². The van der Waals surface area contributed by atoms with Crippen LogP contribution in [0, 0.1) is 5.82 Å². The first-order valence-corrected chi connectivity index (χ1v) is 9.85. The number of hydrogen-bond acceptors (Lipinski definition) is 6. The fourth-order valence-corrected chi connectivity index (χ4v) is 3.27. The van der Waals surface area contributed by atoms with E-state index in [9.17, 15) is 9.50 Å². The molecule has 0 aliphatic heterocycles. The summed E-state index contributed by atoms with van der Waals surface area (Å²) in [6.07, 6.45) is 1.45. The van der Waals surface area contributed by atoms with Crippen LogP contribution in [0.1, 0.15) is 37.3 Å². The summed E-state index contributed by atoms with van der Waals surface area (Å²) in [5.41, 5.74) is 1.55. The molecule has 6 nitrogen and oxygen atoms in total. The van der Waals surface area contributed by atoms with Crippen molar-refractivity contribution in [1.29, 1.82) is 0 Å². The van der Waals surface area contributed by atoms with Crippen LogP contribution in [-0.2, 0) is 6.54 Å². The fraction of sp³-hybridized carbons (Fsp3) is 0.364. The average Bonchev–Trinajstić information content (AvgIpc) is 3.48. The Balaban J connectivity index is 1.42. The van der Waals surface area contributed by atoms with Gasteiger partial charge in [0.05, 0.1) is 19.3 Å². The summed E-state index contributed by atoms with van der Waals surface area (Å²) in [6, 6.07) is 13.9. The second-order valence-corrected chi connectivity index (χ2v) is 7.20. The molecular formula is C22H24FN3O3. The van der Waals surface area contributed by atoms with E-state index in [1.54, 1.807) is 12.1 Å². The Kier molecular flexibility index (Phi) is 5.87. The monoisotopic (exact) mass is 397 g/mol. The minimum atomic E-state index is -0.704. The maximum Gasteiger partial charge on any atom is 0.241 e. The Morgan fingerprint density at radius 2 is 1.90 bits per heavy atom. The minimum Gasteiger partial charge on any atom is -0.494 e. The van der Waals surface area contributed by atoms with Gasteiger partial charge in [-0.25, -0.2) is 4.39 Å². The second-order valence-electron chi connectivity index (χ2n) is 7.20. The first kappa shape index (κ1) is 19.5. The van der Waals surface area contributed by atoms with E-state index >= 15 is 0 Å². The molecule has 4 rings (SSSR count). The van der Waals surface area contributed by atoms with Gasteiger partial charge in [0.2, 0.25) is 11.7 Å². The third-order valence-electron chi connectivity index (χ3n) is 4.96. The quantitative estimate of drug-likeness (QED) is 0.589. The molecule has 1 aliphatic rings. The van der Waals surface area contributed by atoms with Crippen molar-refractivity contribution in [3.63, 3.8) is 0 Å². The number of benzene rings is 2. The summed E-state index contributed by atoms with van der Waals surface area (Å²) in [6.45, 7) is 3.45. The number of hydrogen-bond donors (Lipinski definition) is 1. The molecule has 0 saturated heterocycles. The highest BCUT2D eigenvalue weighted by Gasteiger charge is 2.32. The van der Waals surface area contributed by atoms with Gasteiger partial charge >= 0.3 is 0 Å². The van der Waals surface area contributed by atoms with Gasteiger partial charge in [0.1, 0.15) is 11.6 Å². The summed E-state index contributed by atoms with van der Waals surface area (Å²) >= 11 is 0. The summed E-state index contributed by atoms with van der Waals surface area (Å²) in [5, 5.41) is 14.6. The van der Waals surface area contributed by atoms with Crippen LogP contribution >= 0.6 is 0 Å². The van der Waals surface area contributed by atoms with E-state index in [2.05, 4.69) is 15.0 Å². The SMILES string of the molecule is CCOc1ccc(-c2noc(CN(CC(O)c3ccc(F)cc3)C3CC3)n2)cc1. The Morgan fingerprint density at radius 3 is 2.55 bits per heavy atom. The van der Waals surface area contributed by atoms with Gasteiger partial charge in [0.15, 0.2) is 0 Å². The number of nitrogens with zero attached hydrogens (tertiary/aromatic N) is 3. The lowest BCUT2D eigenvalue weighted by Crippen LogP contribution is -2.30. The minimum absolute atomic E-state index is 0.312. The molecule has 1 unspecified atom stereocenters. The molecule has 7 heteroatoms. The smallest absolute Gasteiger partial charge is 0.241 e. The Labute approximate surface area is 168 Å². The van der Waals surface area contributed by atoms with E-state index in [1.165, 1.54) is 12.1 Å².